The van der Waals surface area contributed by atoms with Crippen LogP contribution in [0.2, 0.25) is 0 Å². The molecule has 0 aliphatic carbocycles. The third-order valence-corrected chi connectivity index (χ3v) is 5.43. The molecule has 1 amide bonds. The molecule has 7 nitrogen and oxygen atoms in total. The summed E-state index contributed by atoms with van der Waals surface area (Å²) < 4.78 is 40.4. The van der Waals surface area contributed by atoms with Crippen LogP contribution in [0.1, 0.15) is 40.2 Å². The van der Waals surface area contributed by atoms with Crippen LogP contribution in [0.15, 0.2) is 53.5 Å². The quantitative estimate of drug-likeness (QED) is 0.635. The number of aryl methyl sites for hydroxylation is 1. The molecule has 0 bridgehead atoms. The molecule has 1 aromatic carbocycles. The average molecular weight is 457 g/mol. The molecule has 3 heterocycles. The van der Waals surface area contributed by atoms with E-state index in [-0.39, 0.29) is 12.2 Å². The van der Waals surface area contributed by atoms with Crippen molar-refractivity contribution in [1.82, 2.24) is 20.1 Å². The van der Waals surface area contributed by atoms with E-state index in [0.717, 1.165) is 54.1 Å². The summed E-state index contributed by atoms with van der Waals surface area (Å²) in [5.74, 6) is 0.163. The summed E-state index contributed by atoms with van der Waals surface area (Å²) in [5.41, 5.74) is -0.724. The molecule has 0 unspecified atom stereocenters. The Balaban J connectivity index is 1.52. The number of nitrogens with one attached hydrogen (secondary N) is 1. The van der Waals surface area contributed by atoms with Crippen LogP contribution < -0.4 is 15.6 Å². The monoisotopic (exact) mass is 457 g/mol. The minimum Gasteiger partial charge on any atom is -0.357 e. The van der Waals surface area contributed by atoms with E-state index in [4.69, 9.17) is 0 Å². The van der Waals surface area contributed by atoms with Crippen molar-refractivity contribution in [2.75, 3.05) is 18.0 Å². The summed E-state index contributed by atoms with van der Waals surface area (Å²) in [6.07, 6.45) is -0.582. The summed E-state index contributed by atoms with van der Waals surface area (Å²) in [4.78, 5) is 31.6. The predicted molar refractivity (Wildman–Crippen MR) is 116 cm³/mol. The Bertz CT molecular complexity index is 1220. The van der Waals surface area contributed by atoms with Crippen LogP contribution in [0.25, 0.3) is 5.69 Å². The number of carbonyl (C=O) groups is 1. The van der Waals surface area contributed by atoms with E-state index < -0.39 is 28.8 Å². The molecule has 1 N–H and O–H groups in total. The number of hydrogen-bond acceptors (Lipinski definition) is 5. The van der Waals surface area contributed by atoms with Gasteiger partial charge in [-0.2, -0.15) is 18.3 Å². The van der Waals surface area contributed by atoms with E-state index in [0.29, 0.717) is 5.69 Å². The van der Waals surface area contributed by atoms with Gasteiger partial charge in [-0.15, -0.1) is 0 Å². The third-order valence-electron chi connectivity index (χ3n) is 5.43. The van der Waals surface area contributed by atoms with Crippen molar-refractivity contribution in [2.45, 2.75) is 32.5 Å². The fourth-order valence-corrected chi connectivity index (χ4v) is 3.70. The highest BCUT2D eigenvalue weighted by Gasteiger charge is 2.30. The van der Waals surface area contributed by atoms with E-state index in [1.807, 2.05) is 12.1 Å². The summed E-state index contributed by atoms with van der Waals surface area (Å²) in [6.45, 7) is 3.61. The number of anilines is 1. The number of pyridine rings is 1. The van der Waals surface area contributed by atoms with E-state index in [1.54, 1.807) is 6.20 Å². The number of rotatable bonds is 5. The topological polar surface area (TPSA) is 80.1 Å². The smallest absolute Gasteiger partial charge is 0.357 e. The van der Waals surface area contributed by atoms with Crippen molar-refractivity contribution in [2.24, 2.45) is 0 Å². The molecule has 1 fully saturated rings. The van der Waals surface area contributed by atoms with Crippen molar-refractivity contribution in [1.29, 1.82) is 0 Å². The highest BCUT2D eigenvalue weighted by Crippen LogP contribution is 2.30. The average Bonchev–Trinajstić information content (AvgIpc) is 3.32. The van der Waals surface area contributed by atoms with Crippen LogP contribution in [0.3, 0.4) is 0 Å². The van der Waals surface area contributed by atoms with Crippen molar-refractivity contribution in [3.8, 4) is 5.69 Å². The molecule has 2 aromatic heterocycles. The van der Waals surface area contributed by atoms with Gasteiger partial charge in [0.25, 0.3) is 5.91 Å². The van der Waals surface area contributed by atoms with E-state index in [2.05, 4.69) is 20.3 Å². The van der Waals surface area contributed by atoms with Gasteiger partial charge in [0.1, 0.15) is 5.82 Å². The van der Waals surface area contributed by atoms with Crippen molar-refractivity contribution in [3.05, 3.63) is 81.4 Å². The molecule has 1 saturated heterocycles. The molecule has 33 heavy (non-hydrogen) atoms. The number of benzene rings is 1. The minimum atomic E-state index is -4.53. The summed E-state index contributed by atoms with van der Waals surface area (Å²) >= 11 is 0. The fourth-order valence-electron chi connectivity index (χ4n) is 3.70. The summed E-state index contributed by atoms with van der Waals surface area (Å²) in [7, 11) is 0. The maximum absolute atomic E-state index is 13.1. The van der Waals surface area contributed by atoms with E-state index in [1.165, 1.54) is 25.1 Å². The normalized spacial score (nSPS) is 13.9. The van der Waals surface area contributed by atoms with Crippen molar-refractivity contribution < 1.29 is 18.0 Å². The van der Waals surface area contributed by atoms with Gasteiger partial charge in [0.15, 0.2) is 5.69 Å². The molecule has 0 radical (unpaired) electrons. The Kier molecular flexibility index (Phi) is 6.17. The number of aromatic nitrogens is 3. The number of amides is 1. The lowest BCUT2D eigenvalue weighted by atomic mass is 10.2. The highest BCUT2D eigenvalue weighted by molar-refractivity contribution is 5.92. The van der Waals surface area contributed by atoms with Gasteiger partial charge in [0.05, 0.1) is 11.3 Å². The molecular formula is C23H22F3N5O2. The molecule has 1 aliphatic rings. The summed E-state index contributed by atoms with van der Waals surface area (Å²) in [5, 5.41) is 6.68. The van der Waals surface area contributed by atoms with Gasteiger partial charge in [-0.1, -0.05) is 12.1 Å². The number of alkyl halides is 3. The minimum absolute atomic E-state index is 0.0954. The number of halogens is 3. The Hall–Kier alpha value is -3.69. The second-order valence-corrected chi connectivity index (χ2v) is 7.86. The first-order valence-electron chi connectivity index (χ1n) is 10.5. The van der Waals surface area contributed by atoms with E-state index >= 15 is 0 Å². The van der Waals surface area contributed by atoms with Crippen LogP contribution in [0, 0.1) is 6.92 Å². The van der Waals surface area contributed by atoms with Crippen LogP contribution in [-0.2, 0) is 12.7 Å². The lowest BCUT2D eigenvalue weighted by molar-refractivity contribution is -0.137. The first-order chi connectivity index (χ1) is 15.7. The van der Waals surface area contributed by atoms with Crippen molar-refractivity contribution >= 4 is 11.7 Å². The van der Waals surface area contributed by atoms with E-state index in [9.17, 15) is 22.8 Å². The molecule has 1 aliphatic heterocycles. The first-order valence-corrected chi connectivity index (χ1v) is 10.5. The van der Waals surface area contributed by atoms with Crippen LogP contribution in [0.4, 0.5) is 19.0 Å². The third kappa shape index (κ3) is 5.05. The number of hydrogen-bond donors (Lipinski definition) is 1. The molecule has 4 rings (SSSR count). The zero-order valence-corrected chi connectivity index (χ0v) is 17.9. The van der Waals surface area contributed by atoms with Crippen LogP contribution in [0.5, 0.6) is 0 Å². The molecule has 3 aromatic rings. The Morgan fingerprint density at radius 3 is 2.55 bits per heavy atom. The largest absolute Gasteiger partial charge is 0.416 e. The zero-order chi connectivity index (χ0) is 23.6. The lowest BCUT2D eigenvalue weighted by Crippen LogP contribution is -2.31. The number of carbonyl (C=O) groups excluding carboxylic acids is 1. The second-order valence-electron chi connectivity index (χ2n) is 7.86. The standard InChI is InChI=1S/C23H22F3N5O2/c1-15-11-19(32)21(29-31(15)18-6-4-5-17(12-18)23(24,25)26)22(33)28-14-16-7-8-20(27-13-16)30-9-2-3-10-30/h4-8,11-13H,2-3,9-10,14H2,1H3,(H,28,33). The molecular weight excluding hydrogens is 435 g/mol. The van der Waals surface area contributed by atoms with Gasteiger partial charge in [-0.25, -0.2) is 9.67 Å². The highest BCUT2D eigenvalue weighted by atomic mass is 19.4. The van der Waals surface area contributed by atoms with Gasteiger partial charge in [0, 0.05) is 37.6 Å². The fraction of sp³-hybridized carbons (Fsp3) is 0.304. The molecule has 10 heteroatoms. The zero-order valence-electron chi connectivity index (χ0n) is 17.9. The Morgan fingerprint density at radius 2 is 1.88 bits per heavy atom. The SMILES string of the molecule is Cc1cc(=O)c(C(=O)NCc2ccc(N3CCCC3)nc2)nn1-c1cccc(C(F)(F)F)c1. The molecule has 172 valence electrons. The Labute approximate surface area is 187 Å². The summed E-state index contributed by atoms with van der Waals surface area (Å²) in [6, 6.07) is 9.44. The van der Waals surface area contributed by atoms with Gasteiger partial charge in [-0.3, -0.25) is 9.59 Å². The van der Waals surface area contributed by atoms with Gasteiger partial charge >= 0.3 is 6.18 Å². The first kappa shape index (κ1) is 22.5. The van der Waals surface area contributed by atoms with Gasteiger partial charge in [-0.05, 0) is 49.6 Å². The predicted octanol–water partition coefficient (Wildman–Crippen LogP) is 3.48. The van der Waals surface area contributed by atoms with Crippen LogP contribution in [-0.4, -0.2) is 33.8 Å². The second kappa shape index (κ2) is 9.05. The molecule has 0 saturated carbocycles. The lowest BCUT2D eigenvalue weighted by Gasteiger charge is -2.16. The Morgan fingerprint density at radius 1 is 1.12 bits per heavy atom. The maximum atomic E-state index is 13.1. The number of nitrogens with zero attached hydrogens (tertiary/aromatic N) is 4. The van der Waals surface area contributed by atoms with Crippen LogP contribution >= 0.6 is 0 Å². The van der Waals surface area contributed by atoms with Gasteiger partial charge in [0.2, 0.25) is 5.43 Å². The molecule has 0 spiro atoms. The van der Waals surface area contributed by atoms with Crippen molar-refractivity contribution in [3.63, 3.8) is 0 Å². The van der Waals surface area contributed by atoms with Gasteiger partial charge < -0.3 is 10.2 Å². The molecule has 0 atom stereocenters. The maximum Gasteiger partial charge on any atom is 0.416 e.